The summed E-state index contributed by atoms with van der Waals surface area (Å²) in [7, 11) is 0. The lowest BCUT2D eigenvalue weighted by atomic mass is 9.96. The summed E-state index contributed by atoms with van der Waals surface area (Å²) in [6, 6.07) is 13.1. The molecule has 2 aromatic rings. The standard InChI is InChI=1S/C16H18BrFN2/c1-2-4-11-5-3-6-12(9-11)16(20-19)13-7-8-14(17)15(18)10-13/h3,5-10,16,20H,2,4,19H2,1H3. The summed E-state index contributed by atoms with van der Waals surface area (Å²) in [6.45, 7) is 2.15. The highest BCUT2D eigenvalue weighted by Crippen LogP contribution is 2.26. The Morgan fingerprint density at radius 1 is 1.20 bits per heavy atom. The maximum atomic E-state index is 13.7. The second kappa shape index (κ2) is 6.97. The second-order valence-corrected chi connectivity index (χ2v) is 5.62. The van der Waals surface area contributed by atoms with Gasteiger partial charge in [-0.15, -0.1) is 0 Å². The molecule has 0 heterocycles. The van der Waals surface area contributed by atoms with Gasteiger partial charge in [0.2, 0.25) is 0 Å². The van der Waals surface area contributed by atoms with Crippen LogP contribution in [0.25, 0.3) is 0 Å². The van der Waals surface area contributed by atoms with E-state index in [2.05, 4.69) is 40.4 Å². The molecule has 3 N–H and O–H groups in total. The van der Waals surface area contributed by atoms with Gasteiger partial charge >= 0.3 is 0 Å². The molecule has 0 aliphatic carbocycles. The van der Waals surface area contributed by atoms with Gasteiger partial charge in [-0.25, -0.2) is 9.82 Å². The van der Waals surface area contributed by atoms with Crippen LogP contribution >= 0.6 is 15.9 Å². The molecule has 1 unspecified atom stereocenters. The Morgan fingerprint density at radius 2 is 1.95 bits per heavy atom. The Balaban J connectivity index is 2.36. The first-order valence-corrected chi connectivity index (χ1v) is 7.45. The van der Waals surface area contributed by atoms with E-state index in [0.717, 1.165) is 24.0 Å². The fraction of sp³-hybridized carbons (Fsp3) is 0.250. The zero-order valence-corrected chi connectivity index (χ0v) is 13.0. The molecule has 0 aromatic heterocycles. The molecule has 0 saturated heterocycles. The fourth-order valence-electron chi connectivity index (χ4n) is 2.29. The molecule has 2 rings (SSSR count). The predicted molar refractivity (Wildman–Crippen MR) is 83.7 cm³/mol. The molecular formula is C16H18BrFN2. The zero-order valence-electron chi connectivity index (χ0n) is 11.4. The average Bonchev–Trinajstić information content (AvgIpc) is 2.44. The minimum Gasteiger partial charge on any atom is -0.271 e. The van der Waals surface area contributed by atoms with Crippen LogP contribution in [0.2, 0.25) is 0 Å². The third-order valence-electron chi connectivity index (χ3n) is 3.27. The van der Waals surface area contributed by atoms with Crippen LogP contribution in [0, 0.1) is 5.82 Å². The SMILES string of the molecule is CCCc1cccc(C(NN)c2ccc(Br)c(F)c2)c1. The highest BCUT2D eigenvalue weighted by molar-refractivity contribution is 9.10. The highest BCUT2D eigenvalue weighted by atomic mass is 79.9. The van der Waals surface area contributed by atoms with E-state index in [9.17, 15) is 4.39 Å². The van der Waals surface area contributed by atoms with Gasteiger partial charge in [-0.05, 0) is 51.2 Å². The molecule has 0 fully saturated rings. The Hall–Kier alpha value is -1.23. The third kappa shape index (κ3) is 3.45. The first kappa shape index (κ1) is 15.2. The van der Waals surface area contributed by atoms with E-state index in [-0.39, 0.29) is 11.9 Å². The van der Waals surface area contributed by atoms with E-state index in [1.165, 1.54) is 11.6 Å². The number of rotatable bonds is 5. The van der Waals surface area contributed by atoms with Gasteiger partial charge in [0.25, 0.3) is 0 Å². The molecule has 0 amide bonds. The lowest BCUT2D eigenvalue weighted by Gasteiger charge is -2.18. The molecule has 2 nitrogen and oxygen atoms in total. The molecule has 1 atom stereocenters. The maximum Gasteiger partial charge on any atom is 0.137 e. The van der Waals surface area contributed by atoms with E-state index in [1.807, 2.05) is 18.2 Å². The Morgan fingerprint density at radius 3 is 2.60 bits per heavy atom. The maximum absolute atomic E-state index is 13.7. The molecule has 0 spiro atoms. The molecule has 0 radical (unpaired) electrons. The van der Waals surface area contributed by atoms with Crippen LogP contribution in [0.5, 0.6) is 0 Å². The second-order valence-electron chi connectivity index (χ2n) is 4.77. The molecule has 0 saturated carbocycles. The summed E-state index contributed by atoms with van der Waals surface area (Å²) >= 11 is 3.16. The topological polar surface area (TPSA) is 38.0 Å². The van der Waals surface area contributed by atoms with Gasteiger partial charge < -0.3 is 0 Å². The lowest BCUT2D eigenvalue weighted by molar-refractivity contribution is 0.600. The lowest BCUT2D eigenvalue weighted by Crippen LogP contribution is -2.29. The molecule has 4 heteroatoms. The van der Waals surface area contributed by atoms with Gasteiger partial charge in [0.05, 0.1) is 10.5 Å². The van der Waals surface area contributed by atoms with Gasteiger partial charge in [-0.1, -0.05) is 43.7 Å². The van der Waals surface area contributed by atoms with E-state index in [0.29, 0.717) is 4.47 Å². The molecule has 20 heavy (non-hydrogen) atoms. The summed E-state index contributed by atoms with van der Waals surface area (Å²) in [5.41, 5.74) is 5.88. The minimum absolute atomic E-state index is 0.214. The van der Waals surface area contributed by atoms with E-state index in [4.69, 9.17) is 5.84 Å². The molecule has 0 aliphatic heterocycles. The van der Waals surface area contributed by atoms with Crippen LogP contribution in [0.15, 0.2) is 46.9 Å². The van der Waals surface area contributed by atoms with Crippen molar-refractivity contribution in [1.82, 2.24) is 5.43 Å². The monoisotopic (exact) mass is 336 g/mol. The van der Waals surface area contributed by atoms with Crippen molar-refractivity contribution in [3.63, 3.8) is 0 Å². The largest absolute Gasteiger partial charge is 0.271 e. The minimum atomic E-state index is -0.285. The molecule has 0 aliphatic rings. The number of hydrogen-bond donors (Lipinski definition) is 2. The van der Waals surface area contributed by atoms with E-state index < -0.39 is 0 Å². The zero-order chi connectivity index (χ0) is 14.5. The quantitative estimate of drug-likeness (QED) is 0.637. The third-order valence-corrected chi connectivity index (χ3v) is 3.91. The van der Waals surface area contributed by atoms with Gasteiger partial charge in [-0.2, -0.15) is 0 Å². The first-order valence-electron chi connectivity index (χ1n) is 6.65. The fourth-order valence-corrected chi connectivity index (χ4v) is 2.54. The number of aryl methyl sites for hydroxylation is 1. The van der Waals surface area contributed by atoms with E-state index in [1.54, 1.807) is 6.07 Å². The number of halogens is 2. The molecule has 2 aromatic carbocycles. The summed E-state index contributed by atoms with van der Waals surface area (Å²) in [5.74, 6) is 5.38. The molecule has 106 valence electrons. The predicted octanol–water partition coefficient (Wildman–Crippen LogP) is 4.09. The Bertz CT molecular complexity index is 586. The number of hydrogen-bond acceptors (Lipinski definition) is 2. The van der Waals surface area contributed by atoms with Crippen LogP contribution in [-0.4, -0.2) is 0 Å². The molecule has 0 bridgehead atoms. The normalized spacial score (nSPS) is 12.4. The Kier molecular flexibility index (Phi) is 5.29. The van der Waals surface area contributed by atoms with Crippen LogP contribution in [-0.2, 0) is 6.42 Å². The van der Waals surface area contributed by atoms with Crippen molar-refractivity contribution in [2.24, 2.45) is 5.84 Å². The number of nitrogens with one attached hydrogen (secondary N) is 1. The van der Waals surface area contributed by atoms with Crippen molar-refractivity contribution >= 4 is 15.9 Å². The number of nitrogens with two attached hydrogens (primary N) is 1. The van der Waals surface area contributed by atoms with Crippen molar-refractivity contribution in [2.45, 2.75) is 25.8 Å². The van der Waals surface area contributed by atoms with Crippen LogP contribution < -0.4 is 11.3 Å². The van der Waals surface area contributed by atoms with Crippen molar-refractivity contribution in [2.75, 3.05) is 0 Å². The summed E-state index contributed by atoms with van der Waals surface area (Å²) in [4.78, 5) is 0. The number of benzene rings is 2. The van der Waals surface area contributed by atoms with Gasteiger partial charge in [-0.3, -0.25) is 5.84 Å². The van der Waals surface area contributed by atoms with Crippen molar-refractivity contribution in [3.05, 3.63) is 69.4 Å². The highest BCUT2D eigenvalue weighted by Gasteiger charge is 2.14. The van der Waals surface area contributed by atoms with Crippen LogP contribution in [0.1, 0.15) is 36.1 Å². The van der Waals surface area contributed by atoms with E-state index >= 15 is 0 Å². The van der Waals surface area contributed by atoms with Gasteiger partial charge in [0, 0.05) is 0 Å². The van der Waals surface area contributed by atoms with Crippen LogP contribution in [0.3, 0.4) is 0 Å². The smallest absolute Gasteiger partial charge is 0.137 e. The van der Waals surface area contributed by atoms with Crippen molar-refractivity contribution < 1.29 is 4.39 Å². The van der Waals surface area contributed by atoms with Crippen molar-refractivity contribution in [1.29, 1.82) is 0 Å². The number of hydrazine groups is 1. The van der Waals surface area contributed by atoms with Gasteiger partial charge in [0.1, 0.15) is 5.82 Å². The Labute approximate surface area is 127 Å². The summed E-state index contributed by atoms with van der Waals surface area (Å²) in [5, 5.41) is 0. The molecular weight excluding hydrogens is 319 g/mol. The summed E-state index contributed by atoms with van der Waals surface area (Å²) < 4.78 is 14.1. The van der Waals surface area contributed by atoms with Gasteiger partial charge in [0.15, 0.2) is 0 Å². The van der Waals surface area contributed by atoms with Crippen molar-refractivity contribution in [3.8, 4) is 0 Å². The average molecular weight is 337 g/mol. The first-order chi connectivity index (χ1) is 9.65. The van der Waals surface area contributed by atoms with Crippen LogP contribution in [0.4, 0.5) is 4.39 Å². The summed E-state index contributed by atoms with van der Waals surface area (Å²) in [6.07, 6.45) is 2.12.